The summed E-state index contributed by atoms with van der Waals surface area (Å²) in [6.07, 6.45) is 8.33. The maximum atomic E-state index is 12.8. The van der Waals surface area contributed by atoms with Crippen LogP contribution in [-0.2, 0) is 4.79 Å². The van der Waals surface area contributed by atoms with Gasteiger partial charge in [0.2, 0.25) is 5.91 Å². The van der Waals surface area contributed by atoms with Crippen molar-refractivity contribution in [1.29, 1.82) is 0 Å². The molecule has 0 saturated carbocycles. The lowest BCUT2D eigenvalue weighted by molar-refractivity contribution is -0.129. The van der Waals surface area contributed by atoms with Gasteiger partial charge in [-0.2, -0.15) is 0 Å². The van der Waals surface area contributed by atoms with E-state index in [-0.39, 0.29) is 11.9 Å². The van der Waals surface area contributed by atoms with Crippen LogP contribution in [-0.4, -0.2) is 42.5 Å². The highest BCUT2D eigenvalue weighted by molar-refractivity contribution is 5.81. The van der Waals surface area contributed by atoms with Crippen LogP contribution < -0.4 is 10.1 Å². The molecule has 166 valence electrons. The van der Waals surface area contributed by atoms with Gasteiger partial charge in [0.05, 0.1) is 18.8 Å². The Kier molecular flexibility index (Phi) is 7.85. The monoisotopic (exact) mass is 421 g/mol. The summed E-state index contributed by atoms with van der Waals surface area (Å²) < 4.78 is 5.44. The molecule has 2 atom stereocenters. The summed E-state index contributed by atoms with van der Waals surface area (Å²) in [6, 6.07) is 13.9. The molecule has 1 aromatic heterocycles. The number of hydrogen-bond donors (Lipinski definition) is 1. The minimum Gasteiger partial charge on any atom is -0.496 e. The first-order chi connectivity index (χ1) is 14.9. The molecule has 5 nitrogen and oxygen atoms in total. The lowest BCUT2D eigenvalue weighted by Gasteiger charge is -2.37. The first kappa shape index (κ1) is 23.0. The van der Waals surface area contributed by atoms with Crippen LogP contribution >= 0.6 is 0 Å². The number of amides is 1. The van der Waals surface area contributed by atoms with Crippen LogP contribution in [0.2, 0.25) is 0 Å². The maximum Gasteiger partial charge on any atom is 0.225 e. The van der Waals surface area contributed by atoms with Crippen molar-refractivity contribution in [3.8, 4) is 5.75 Å². The largest absolute Gasteiger partial charge is 0.496 e. The van der Waals surface area contributed by atoms with Gasteiger partial charge in [0.15, 0.2) is 0 Å². The van der Waals surface area contributed by atoms with E-state index < -0.39 is 5.41 Å². The van der Waals surface area contributed by atoms with Crippen LogP contribution in [0.3, 0.4) is 0 Å². The number of likely N-dealkylation sites (tertiary alicyclic amines) is 1. The van der Waals surface area contributed by atoms with Gasteiger partial charge >= 0.3 is 0 Å². The number of benzene rings is 1. The number of pyridine rings is 1. The zero-order chi connectivity index (χ0) is 22.3. The molecule has 0 aliphatic carbocycles. The smallest absolute Gasteiger partial charge is 0.225 e. The van der Waals surface area contributed by atoms with Crippen LogP contribution in [0.15, 0.2) is 54.7 Å². The van der Waals surface area contributed by atoms with Gasteiger partial charge in [-0.3, -0.25) is 14.7 Å². The van der Waals surface area contributed by atoms with E-state index in [4.69, 9.17) is 4.74 Å². The molecule has 1 saturated heterocycles. The second kappa shape index (κ2) is 10.6. The quantitative estimate of drug-likeness (QED) is 0.703. The van der Waals surface area contributed by atoms with Gasteiger partial charge < -0.3 is 10.1 Å². The van der Waals surface area contributed by atoms with Gasteiger partial charge in [0.1, 0.15) is 5.75 Å². The molecule has 1 aliphatic heterocycles. The number of ether oxygens (including phenoxy) is 1. The first-order valence-corrected chi connectivity index (χ1v) is 11.1. The number of methoxy groups -OCH3 is 1. The third kappa shape index (κ3) is 6.41. The lowest BCUT2D eigenvalue weighted by Crippen LogP contribution is -2.45. The number of piperidine rings is 1. The van der Waals surface area contributed by atoms with Crippen molar-refractivity contribution in [2.24, 2.45) is 11.3 Å². The summed E-state index contributed by atoms with van der Waals surface area (Å²) >= 11 is 0. The van der Waals surface area contributed by atoms with Gasteiger partial charge in [0.25, 0.3) is 0 Å². The molecule has 0 unspecified atom stereocenters. The average molecular weight is 422 g/mol. The van der Waals surface area contributed by atoms with Crippen molar-refractivity contribution in [3.63, 3.8) is 0 Å². The fourth-order valence-corrected chi connectivity index (χ4v) is 4.01. The second-order valence-electron chi connectivity index (χ2n) is 9.26. The molecule has 2 aromatic rings. The van der Waals surface area contributed by atoms with Gasteiger partial charge in [0, 0.05) is 30.3 Å². The minimum absolute atomic E-state index is 0.0661. The van der Waals surface area contributed by atoms with E-state index in [9.17, 15) is 4.79 Å². The first-order valence-electron chi connectivity index (χ1n) is 11.1. The average Bonchev–Trinajstić information content (AvgIpc) is 2.77. The Balaban J connectivity index is 1.69. The van der Waals surface area contributed by atoms with E-state index in [1.165, 1.54) is 0 Å². The third-order valence-electron chi connectivity index (χ3n) is 5.79. The standard InChI is InChI=1S/C26H35N3O2/c1-26(2,3)25(30)28-24(22-14-7-8-16-27-22)21-13-10-18-29(19-21)17-9-12-20-11-5-6-15-23(20)31-4/h5-9,11-12,14-16,21,24H,10,13,17-19H2,1-4H3,(H,28,30)/b12-9+/t21-,24-/m1/s1. The van der Waals surface area contributed by atoms with Crippen molar-refractivity contribution in [3.05, 3.63) is 66.0 Å². The second-order valence-corrected chi connectivity index (χ2v) is 9.26. The predicted molar refractivity (Wildman–Crippen MR) is 126 cm³/mol. The number of nitrogens with zero attached hydrogens (tertiary/aromatic N) is 2. The molecule has 5 heteroatoms. The Bertz CT molecular complexity index is 874. The number of carbonyl (C=O) groups is 1. The van der Waals surface area contributed by atoms with E-state index in [0.717, 1.165) is 49.5 Å². The van der Waals surface area contributed by atoms with Crippen LogP contribution in [0.1, 0.15) is 50.9 Å². The molecular formula is C26H35N3O2. The zero-order valence-corrected chi connectivity index (χ0v) is 19.2. The van der Waals surface area contributed by atoms with Crippen LogP contribution in [0, 0.1) is 11.3 Å². The summed E-state index contributed by atoms with van der Waals surface area (Å²) in [5.41, 5.74) is 1.60. The molecule has 31 heavy (non-hydrogen) atoms. The molecule has 2 heterocycles. The number of aromatic nitrogens is 1. The Morgan fingerprint density at radius 1 is 1.26 bits per heavy atom. The fraction of sp³-hybridized carbons (Fsp3) is 0.462. The van der Waals surface area contributed by atoms with E-state index >= 15 is 0 Å². The highest BCUT2D eigenvalue weighted by Gasteiger charge is 2.32. The van der Waals surface area contributed by atoms with Crippen molar-refractivity contribution >= 4 is 12.0 Å². The number of carbonyl (C=O) groups excluding carboxylic acids is 1. The van der Waals surface area contributed by atoms with Crippen molar-refractivity contribution in [2.45, 2.75) is 39.7 Å². The Hall–Kier alpha value is -2.66. The lowest BCUT2D eigenvalue weighted by atomic mass is 9.86. The fourth-order valence-electron chi connectivity index (χ4n) is 4.01. The summed E-state index contributed by atoms with van der Waals surface area (Å²) in [4.78, 5) is 19.8. The van der Waals surface area contributed by atoms with Crippen LogP contribution in [0.5, 0.6) is 5.75 Å². The van der Waals surface area contributed by atoms with E-state index in [0.29, 0.717) is 5.92 Å². The van der Waals surface area contributed by atoms with Crippen molar-refractivity contribution < 1.29 is 9.53 Å². The zero-order valence-electron chi connectivity index (χ0n) is 19.2. The Morgan fingerprint density at radius 2 is 2.03 bits per heavy atom. The van der Waals surface area contributed by atoms with Gasteiger partial charge in [-0.1, -0.05) is 57.2 Å². The molecule has 1 aliphatic rings. The molecule has 1 N–H and O–H groups in total. The summed E-state index contributed by atoms with van der Waals surface area (Å²) in [5, 5.41) is 3.30. The molecule has 0 bridgehead atoms. The predicted octanol–water partition coefficient (Wildman–Crippen LogP) is 4.72. The van der Waals surface area contributed by atoms with Crippen LogP contribution in [0.25, 0.3) is 6.08 Å². The summed E-state index contributed by atoms with van der Waals surface area (Å²) in [5.74, 6) is 1.28. The van der Waals surface area contributed by atoms with E-state index in [2.05, 4.69) is 33.4 Å². The Labute approximate surface area is 186 Å². The maximum absolute atomic E-state index is 12.8. The molecule has 0 radical (unpaired) electrons. The summed E-state index contributed by atoms with van der Waals surface area (Å²) in [7, 11) is 1.70. The molecule has 1 amide bonds. The highest BCUT2D eigenvalue weighted by atomic mass is 16.5. The molecular weight excluding hydrogens is 386 g/mol. The van der Waals surface area contributed by atoms with Crippen molar-refractivity contribution in [2.75, 3.05) is 26.7 Å². The summed E-state index contributed by atoms with van der Waals surface area (Å²) in [6.45, 7) is 8.72. The van der Waals surface area contributed by atoms with Gasteiger partial charge in [-0.15, -0.1) is 0 Å². The molecule has 3 rings (SSSR count). The topological polar surface area (TPSA) is 54.5 Å². The number of rotatable bonds is 7. The number of para-hydroxylation sites is 1. The Morgan fingerprint density at radius 3 is 2.74 bits per heavy atom. The third-order valence-corrected chi connectivity index (χ3v) is 5.79. The van der Waals surface area contributed by atoms with Crippen LogP contribution in [0.4, 0.5) is 0 Å². The SMILES string of the molecule is COc1ccccc1/C=C/CN1CCC[C@@H]([C@@H](NC(=O)C(C)(C)C)c2ccccn2)C1. The normalized spacial score (nSPS) is 18.6. The minimum atomic E-state index is -0.432. The number of nitrogens with one attached hydrogen (secondary N) is 1. The number of hydrogen-bond acceptors (Lipinski definition) is 4. The molecule has 1 fully saturated rings. The highest BCUT2D eigenvalue weighted by Crippen LogP contribution is 2.30. The van der Waals surface area contributed by atoms with Gasteiger partial charge in [-0.05, 0) is 43.5 Å². The van der Waals surface area contributed by atoms with E-state index in [1.807, 2.05) is 63.4 Å². The van der Waals surface area contributed by atoms with Gasteiger partial charge in [-0.25, -0.2) is 0 Å². The molecule has 1 aromatic carbocycles. The molecule has 0 spiro atoms. The van der Waals surface area contributed by atoms with Crippen molar-refractivity contribution in [1.82, 2.24) is 15.2 Å². The van der Waals surface area contributed by atoms with E-state index in [1.54, 1.807) is 7.11 Å².